The van der Waals surface area contributed by atoms with Gasteiger partial charge >= 0.3 is 5.97 Å². The molecule has 2 saturated heterocycles. The van der Waals surface area contributed by atoms with Crippen molar-refractivity contribution in [1.82, 2.24) is 15.1 Å². The van der Waals surface area contributed by atoms with E-state index in [0.717, 1.165) is 18.4 Å². The summed E-state index contributed by atoms with van der Waals surface area (Å²) in [6, 6.07) is 7.62. The van der Waals surface area contributed by atoms with Crippen LogP contribution in [0.5, 0.6) is 0 Å². The highest BCUT2D eigenvalue weighted by Crippen LogP contribution is 2.55. The van der Waals surface area contributed by atoms with Crippen LogP contribution in [0.2, 0.25) is 0 Å². The first-order valence-corrected chi connectivity index (χ1v) is 15.6. The van der Waals surface area contributed by atoms with E-state index in [9.17, 15) is 24.3 Å². The minimum atomic E-state index is -1.27. The number of fused-ring (bicyclic) bond motifs is 2. The van der Waals surface area contributed by atoms with Gasteiger partial charge in [0.2, 0.25) is 17.7 Å². The second-order valence-electron chi connectivity index (χ2n) is 12.0. The van der Waals surface area contributed by atoms with Gasteiger partial charge in [-0.05, 0) is 38.2 Å². The molecule has 1 aromatic rings. The Morgan fingerprint density at radius 3 is 2.63 bits per heavy atom. The van der Waals surface area contributed by atoms with Gasteiger partial charge in [0.25, 0.3) is 0 Å². The van der Waals surface area contributed by atoms with E-state index >= 15 is 0 Å². The molecular formula is C33H43N3O7. The highest BCUT2D eigenvalue weighted by molar-refractivity contribution is 6.00. The Labute approximate surface area is 253 Å². The molecular weight excluding hydrogens is 550 g/mol. The molecule has 4 aliphatic rings. The van der Waals surface area contributed by atoms with Crippen LogP contribution in [0.4, 0.5) is 0 Å². The molecule has 10 nitrogen and oxygen atoms in total. The van der Waals surface area contributed by atoms with E-state index in [-0.39, 0.29) is 55.9 Å². The summed E-state index contributed by atoms with van der Waals surface area (Å²) < 4.78 is 12.1. The first-order valence-electron chi connectivity index (χ1n) is 15.6. The van der Waals surface area contributed by atoms with Gasteiger partial charge in [-0.1, -0.05) is 68.0 Å². The lowest BCUT2D eigenvalue weighted by molar-refractivity contribution is -0.149. The van der Waals surface area contributed by atoms with E-state index in [1.165, 1.54) is 0 Å². The monoisotopic (exact) mass is 593 g/mol. The molecule has 0 saturated carbocycles. The van der Waals surface area contributed by atoms with E-state index in [2.05, 4.69) is 12.2 Å². The second-order valence-corrected chi connectivity index (χ2v) is 12.0. The fourth-order valence-electron chi connectivity index (χ4n) is 7.03. The van der Waals surface area contributed by atoms with E-state index in [1.54, 1.807) is 15.9 Å². The minimum Gasteiger partial charge on any atom is -0.463 e. The molecule has 2 fully saturated rings. The van der Waals surface area contributed by atoms with Crippen LogP contribution >= 0.6 is 0 Å². The van der Waals surface area contributed by atoms with E-state index in [4.69, 9.17) is 9.47 Å². The number of nitrogens with zero attached hydrogens (tertiary/aromatic N) is 2. The largest absolute Gasteiger partial charge is 0.463 e. The van der Waals surface area contributed by atoms with E-state index < -0.39 is 35.6 Å². The van der Waals surface area contributed by atoms with Crippen LogP contribution < -0.4 is 5.32 Å². The summed E-state index contributed by atoms with van der Waals surface area (Å²) in [5, 5.41) is 12.5. The van der Waals surface area contributed by atoms with Gasteiger partial charge in [-0.3, -0.25) is 19.2 Å². The van der Waals surface area contributed by atoms with Gasteiger partial charge in [0.15, 0.2) is 0 Å². The maximum absolute atomic E-state index is 14.6. The minimum absolute atomic E-state index is 0.0192. The molecule has 7 atom stereocenters. The molecule has 2 N–H and O–H groups in total. The van der Waals surface area contributed by atoms with E-state index in [1.807, 2.05) is 55.5 Å². The summed E-state index contributed by atoms with van der Waals surface area (Å²) in [6.07, 6.45) is 10.0. The van der Waals surface area contributed by atoms with Crippen LogP contribution in [0.3, 0.4) is 0 Å². The third-order valence-corrected chi connectivity index (χ3v) is 9.15. The van der Waals surface area contributed by atoms with Crippen molar-refractivity contribution < 1.29 is 33.8 Å². The molecule has 0 radical (unpaired) electrons. The zero-order valence-electron chi connectivity index (χ0n) is 25.0. The van der Waals surface area contributed by atoms with Crippen LogP contribution in [0.25, 0.3) is 0 Å². The number of carbonyl (C=O) groups excluding carboxylic acids is 4. The van der Waals surface area contributed by atoms with Gasteiger partial charge in [-0.2, -0.15) is 0 Å². The number of carbonyl (C=O) groups is 4. The van der Waals surface area contributed by atoms with E-state index in [0.29, 0.717) is 25.8 Å². The molecule has 1 aromatic carbocycles. The molecule has 3 amide bonds. The molecule has 1 unspecified atom stereocenters. The molecule has 0 aliphatic carbocycles. The molecule has 4 heterocycles. The van der Waals surface area contributed by atoms with Crippen LogP contribution in [0.15, 0.2) is 54.6 Å². The van der Waals surface area contributed by atoms with Gasteiger partial charge in [0.1, 0.15) is 18.2 Å². The quantitative estimate of drug-likeness (QED) is 0.270. The number of benzene rings is 1. The van der Waals surface area contributed by atoms with Crippen molar-refractivity contribution in [1.29, 1.82) is 0 Å². The SMILES string of the molecule is CCCC(C)N1C/C=C\CCC(=O)OC[C@@H](c2ccccc2)NC(=O)[C@@H]2[C@@H]3C=C[C@]4(O3)[C@H](C1=O)N(CCCCO)C(=O)[C@@H]24. The summed E-state index contributed by atoms with van der Waals surface area (Å²) >= 11 is 0. The number of esters is 1. The van der Waals surface area contributed by atoms with Crippen molar-refractivity contribution in [2.75, 3.05) is 26.3 Å². The number of ether oxygens (including phenoxy) is 2. The molecule has 0 aromatic heterocycles. The van der Waals surface area contributed by atoms with Crippen LogP contribution in [-0.2, 0) is 28.7 Å². The number of hydrogen-bond donors (Lipinski definition) is 2. The van der Waals surface area contributed by atoms with Gasteiger partial charge in [0.05, 0.1) is 24.0 Å². The Bertz CT molecular complexity index is 1250. The number of aliphatic hydroxyl groups is 1. The zero-order valence-corrected chi connectivity index (χ0v) is 25.0. The summed E-state index contributed by atoms with van der Waals surface area (Å²) in [6.45, 7) is 4.59. The Morgan fingerprint density at radius 1 is 1.09 bits per heavy atom. The van der Waals surface area contributed by atoms with Gasteiger partial charge in [-0.25, -0.2) is 0 Å². The average Bonchev–Trinajstić information content (AvgIpc) is 3.64. The van der Waals surface area contributed by atoms with Crippen molar-refractivity contribution in [2.24, 2.45) is 11.8 Å². The molecule has 1 spiro atoms. The molecule has 4 aliphatic heterocycles. The summed E-state index contributed by atoms with van der Waals surface area (Å²) in [4.78, 5) is 58.8. The first-order chi connectivity index (χ1) is 20.8. The number of nitrogens with one attached hydrogen (secondary N) is 1. The first kappa shape index (κ1) is 30.9. The summed E-state index contributed by atoms with van der Waals surface area (Å²) in [5.41, 5.74) is -0.496. The number of hydrogen-bond acceptors (Lipinski definition) is 7. The Kier molecular flexibility index (Phi) is 9.66. The highest BCUT2D eigenvalue weighted by atomic mass is 16.5. The van der Waals surface area contributed by atoms with Gasteiger partial charge in [-0.15, -0.1) is 0 Å². The lowest BCUT2D eigenvalue weighted by atomic mass is 9.74. The molecule has 43 heavy (non-hydrogen) atoms. The van der Waals surface area contributed by atoms with Crippen LogP contribution in [0, 0.1) is 11.8 Å². The van der Waals surface area contributed by atoms with Crippen molar-refractivity contribution in [3.63, 3.8) is 0 Å². The third-order valence-electron chi connectivity index (χ3n) is 9.15. The third kappa shape index (κ3) is 5.99. The zero-order chi connectivity index (χ0) is 30.6. The predicted octanol–water partition coefficient (Wildman–Crippen LogP) is 2.68. The van der Waals surface area contributed by atoms with Crippen molar-refractivity contribution >= 4 is 23.7 Å². The van der Waals surface area contributed by atoms with Crippen LogP contribution in [-0.4, -0.2) is 88.7 Å². The smallest absolute Gasteiger partial charge is 0.306 e. The molecule has 232 valence electrons. The molecule has 5 bridgehead atoms. The van der Waals surface area contributed by atoms with Gasteiger partial charge in [0, 0.05) is 32.2 Å². The predicted molar refractivity (Wildman–Crippen MR) is 158 cm³/mol. The number of aliphatic hydroxyl groups excluding tert-OH is 1. The second kappa shape index (κ2) is 13.4. The topological polar surface area (TPSA) is 125 Å². The highest BCUT2D eigenvalue weighted by Gasteiger charge is 2.73. The molecule has 10 heteroatoms. The van der Waals surface area contributed by atoms with Crippen molar-refractivity contribution in [3.05, 3.63) is 60.2 Å². The number of likely N-dealkylation sites (tertiary alicyclic amines) is 1. The lowest BCUT2D eigenvalue weighted by Gasteiger charge is -2.38. The average molecular weight is 594 g/mol. The summed E-state index contributed by atoms with van der Waals surface area (Å²) in [5.74, 6) is -3.00. The maximum atomic E-state index is 14.6. The maximum Gasteiger partial charge on any atom is 0.306 e. The van der Waals surface area contributed by atoms with Crippen LogP contribution in [0.1, 0.15) is 64.0 Å². The Hall–Kier alpha value is -3.50. The fraction of sp³-hybridized carbons (Fsp3) is 0.576. The normalized spacial score (nSPS) is 32.5. The fourth-order valence-corrected chi connectivity index (χ4v) is 7.03. The number of cyclic esters (lactones) is 1. The Balaban J connectivity index is 1.55. The standard InChI is InChI=1S/C33H43N3O7/c1-3-12-22(2)35-18-9-5-8-15-26(38)42-21-24(23-13-6-4-7-14-23)34-30(39)27-25-16-17-33(43-25)28(27)31(40)36(19-10-11-20-37)29(33)32(35)41/h4-7,9,13-14,16-17,22,24-25,27-29,37H,3,8,10-12,15,18-21H2,1-2H3,(H,34,39)/b9-5-/t22?,24-,25-,27+,28+,29-,33+/m0/s1. The number of amides is 3. The van der Waals surface area contributed by atoms with Crippen molar-refractivity contribution in [2.45, 2.75) is 82.2 Å². The number of allylic oxidation sites excluding steroid dienone is 1. The lowest BCUT2D eigenvalue weighted by Crippen LogP contribution is -2.57. The van der Waals surface area contributed by atoms with Gasteiger partial charge < -0.3 is 29.7 Å². The van der Waals surface area contributed by atoms with Crippen molar-refractivity contribution in [3.8, 4) is 0 Å². The summed E-state index contributed by atoms with van der Waals surface area (Å²) in [7, 11) is 0. The Morgan fingerprint density at radius 2 is 1.88 bits per heavy atom. The molecule has 5 rings (SSSR count). The number of rotatable bonds is 8. The number of unbranched alkanes of at least 4 members (excludes halogenated alkanes) is 1.